The third-order valence-corrected chi connectivity index (χ3v) is 3.78. The maximum atomic E-state index is 12.1. The van der Waals surface area contributed by atoms with Gasteiger partial charge in [0.25, 0.3) is 0 Å². The molecule has 3 N–H and O–H groups in total. The number of rotatable bonds is 5. The van der Waals surface area contributed by atoms with Gasteiger partial charge in [0.1, 0.15) is 6.04 Å². The Morgan fingerprint density at radius 1 is 1.00 bits per heavy atom. The molecule has 2 aromatic rings. The van der Waals surface area contributed by atoms with Crippen LogP contribution in [0.4, 0.5) is 10.5 Å². The minimum atomic E-state index is -0.598. The normalized spacial score (nSPS) is 13.2. The average Bonchev–Trinajstić information content (AvgIpc) is 2.54. The first-order valence-electron chi connectivity index (χ1n) is 7.87. The zero-order valence-corrected chi connectivity index (χ0v) is 13.7. The molecule has 0 aliphatic heterocycles. The number of carbonyl (C=O) groups is 2. The number of fused-ring (bicyclic) bond motifs is 1. The van der Waals surface area contributed by atoms with Crippen molar-refractivity contribution >= 4 is 28.4 Å². The Bertz CT molecular complexity index is 694. The van der Waals surface area contributed by atoms with Gasteiger partial charge in [0.05, 0.1) is 5.69 Å². The highest BCUT2D eigenvalue weighted by Crippen LogP contribution is 2.22. The molecule has 2 atom stereocenters. The van der Waals surface area contributed by atoms with E-state index in [1.54, 1.807) is 6.92 Å². The van der Waals surface area contributed by atoms with Crippen molar-refractivity contribution in [2.45, 2.75) is 39.3 Å². The van der Waals surface area contributed by atoms with Crippen LogP contribution in [0.3, 0.4) is 0 Å². The molecule has 0 aliphatic rings. The second-order valence-corrected chi connectivity index (χ2v) is 5.66. The van der Waals surface area contributed by atoms with Crippen LogP contribution in [0.2, 0.25) is 0 Å². The lowest BCUT2D eigenvalue weighted by molar-refractivity contribution is -0.123. The first-order chi connectivity index (χ1) is 11.0. The molecule has 0 spiro atoms. The predicted molar refractivity (Wildman–Crippen MR) is 93.5 cm³/mol. The molecule has 0 aliphatic carbocycles. The number of anilines is 1. The fraction of sp³-hybridized carbons (Fsp3) is 0.333. The monoisotopic (exact) mass is 313 g/mol. The van der Waals surface area contributed by atoms with Gasteiger partial charge in [0.2, 0.25) is 5.91 Å². The fourth-order valence-corrected chi connectivity index (χ4v) is 2.22. The van der Waals surface area contributed by atoms with E-state index in [4.69, 9.17) is 0 Å². The fourth-order valence-electron chi connectivity index (χ4n) is 2.22. The van der Waals surface area contributed by atoms with Gasteiger partial charge < -0.3 is 16.0 Å². The Balaban J connectivity index is 2.00. The summed E-state index contributed by atoms with van der Waals surface area (Å²) in [6.07, 6.45) is 0.848. The second-order valence-electron chi connectivity index (χ2n) is 5.66. The molecule has 122 valence electrons. The van der Waals surface area contributed by atoms with Gasteiger partial charge in [-0.15, -0.1) is 0 Å². The summed E-state index contributed by atoms with van der Waals surface area (Å²) < 4.78 is 0. The third-order valence-electron chi connectivity index (χ3n) is 3.78. The second kappa shape index (κ2) is 7.63. The summed E-state index contributed by atoms with van der Waals surface area (Å²) in [7, 11) is 0. The summed E-state index contributed by atoms with van der Waals surface area (Å²) in [6.45, 7) is 5.59. The molecular weight excluding hydrogens is 290 g/mol. The third kappa shape index (κ3) is 4.45. The molecule has 5 heteroatoms. The highest BCUT2D eigenvalue weighted by Gasteiger charge is 2.17. The van der Waals surface area contributed by atoms with E-state index in [0.717, 1.165) is 22.9 Å². The van der Waals surface area contributed by atoms with Crippen molar-refractivity contribution in [2.75, 3.05) is 5.32 Å². The molecular formula is C18H23N3O2. The van der Waals surface area contributed by atoms with Crippen LogP contribution in [0, 0.1) is 0 Å². The maximum absolute atomic E-state index is 12.1. The summed E-state index contributed by atoms with van der Waals surface area (Å²) in [5.41, 5.74) is 0.718. The van der Waals surface area contributed by atoms with E-state index in [0.29, 0.717) is 0 Å². The maximum Gasteiger partial charge on any atom is 0.319 e. The van der Waals surface area contributed by atoms with Gasteiger partial charge in [-0.05, 0) is 31.7 Å². The van der Waals surface area contributed by atoms with E-state index in [9.17, 15) is 9.59 Å². The molecule has 0 fully saturated rings. The van der Waals surface area contributed by atoms with Crippen LogP contribution in [0.1, 0.15) is 27.2 Å². The smallest absolute Gasteiger partial charge is 0.319 e. The number of amides is 3. The molecule has 0 aromatic heterocycles. The molecule has 0 saturated carbocycles. The van der Waals surface area contributed by atoms with Crippen molar-refractivity contribution in [3.05, 3.63) is 42.5 Å². The summed E-state index contributed by atoms with van der Waals surface area (Å²) in [4.78, 5) is 24.1. The van der Waals surface area contributed by atoms with Gasteiger partial charge >= 0.3 is 6.03 Å². The Kier molecular flexibility index (Phi) is 5.57. The lowest BCUT2D eigenvalue weighted by Gasteiger charge is -2.18. The molecule has 0 bridgehead atoms. The highest BCUT2D eigenvalue weighted by atomic mass is 16.2. The molecule has 0 unspecified atom stereocenters. The Morgan fingerprint density at radius 2 is 1.70 bits per heavy atom. The molecule has 3 amide bonds. The Labute approximate surface area is 136 Å². The van der Waals surface area contributed by atoms with E-state index in [1.165, 1.54) is 0 Å². The topological polar surface area (TPSA) is 70.2 Å². The number of nitrogens with one attached hydrogen (secondary N) is 3. The molecule has 2 rings (SSSR count). The summed E-state index contributed by atoms with van der Waals surface area (Å²) in [5.74, 6) is -0.188. The van der Waals surface area contributed by atoms with Crippen LogP contribution in [-0.2, 0) is 4.79 Å². The zero-order valence-electron chi connectivity index (χ0n) is 13.7. The van der Waals surface area contributed by atoms with Crippen LogP contribution in [0.25, 0.3) is 10.8 Å². The van der Waals surface area contributed by atoms with E-state index in [2.05, 4.69) is 16.0 Å². The van der Waals surface area contributed by atoms with E-state index >= 15 is 0 Å². The standard InChI is InChI=1S/C18H23N3O2/c1-4-12(2)19-17(22)13(3)20-18(23)21-16-11-7-9-14-8-5-6-10-15(14)16/h5-13H,4H2,1-3H3,(H,19,22)(H2,20,21,23)/t12-,13+/m1/s1. The van der Waals surface area contributed by atoms with Crippen molar-refractivity contribution < 1.29 is 9.59 Å². The molecule has 5 nitrogen and oxygen atoms in total. The molecule has 0 heterocycles. The first kappa shape index (κ1) is 16.8. The molecule has 23 heavy (non-hydrogen) atoms. The number of hydrogen-bond acceptors (Lipinski definition) is 2. The summed E-state index contributed by atoms with van der Waals surface area (Å²) in [5, 5.41) is 10.3. The zero-order chi connectivity index (χ0) is 16.8. The quantitative estimate of drug-likeness (QED) is 0.793. The van der Waals surface area contributed by atoms with Crippen LogP contribution in [0.5, 0.6) is 0 Å². The highest BCUT2D eigenvalue weighted by molar-refractivity contribution is 6.02. The van der Waals surface area contributed by atoms with E-state index < -0.39 is 12.1 Å². The molecule has 2 aromatic carbocycles. The number of urea groups is 1. The van der Waals surface area contributed by atoms with Crippen LogP contribution in [-0.4, -0.2) is 24.0 Å². The molecule has 0 radical (unpaired) electrons. The van der Waals surface area contributed by atoms with E-state index in [1.807, 2.05) is 56.3 Å². The van der Waals surface area contributed by atoms with Crippen molar-refractivity contribution in [1.82, 2.24) is 10.6 Å². The lowest BCUT2D eigenvalue weighted by Crippen LogP contribution is -2.48. The van der Waals surface area contributed by atoms with Gasteiger partial charge in [-0.1, -0.05) is 43.3 Å². The lowest BCUT2D eigenvalue weighted by atomic mass is 10.1. The first-order valence-corrected chi connectivity index (χ1v) is 7.87. The summed E-state index contributed by atoms with van der Waals surface area (Å²) in [6, 6.07) is 12.6. The van der Waals surface area contributed by atoms with Gasteiger partial charge in [0, 0.05) is 11.4 Å². The number of benzene rings is 2. The average molecular weight is 313 g/mol. The number of hydrogen-bond donors (Lipinski definition) is 3. The largest absolute Gasteiger partial charge is 0.352 e. The van der Waals surface area contributed by atoms with Crippen molar-refractivity contribution in [3.8, 4) is 0 Å². The Morgan fingerprint density at radius 3 is 2.43 bits per heavy atom. The van der Waals surface area contributed by atoms with Crippen LogP contribution < -0.4 is 16.0 Å². The van der Waals surface area contributed by atoms with Crippen LogP contribution in [0.15, 0.2) is 42.5 Å². The van der Waals surface area contributed by atoms with Crippen molar-refractivity contribution in [2.24, 2.45) is 0 Å². The van der Waals surface area contributed by atoms with Gasteiger partial charge in [-0.3, -0.25) is 4.79 Å². The minimum Gasteiger partial charge on any atom is -0.352 e. The van der Waals surface area contributed by atoms with E-state index in [-0.39, 0.29) is 11.9 Å². The van der Waals surface area contributed by atoms with Gasteiger partial charge in [-0.2, -0.15) is 0 Å². The summed E-state index contributed by atoms with van der Waals surface area (Å²) >= 11 is 0. The minimum absolute atomic E-state index is 0.0906. The number of carbonyl (C=O) groups excluding carboxylic acids is 2. The van der Waals surface area contributed by atoms with Gasteiger partial charge in [0.15, 0.2) is 0 Å². The molecule has 0 saturated heterocycles. The van der Waals surface area contributed by atoms with Crippen molar-refractivity contribution in [1.29, 1.82) is 0 Å². The Hall–Kier alpha value is -2.56. The van der Waals surface area contributed by atoms with Crippen molar-refractivity contribution in [3.63, 3.8) is 0 Å². The SMILES string of the molecule is CC[C@@H](C)NC(=O)[C@H](C)NC(=O)Nc1cccc2ccccc12. The van der Waals surface area contributed by atoms with Gasteiger partial charge in [-0.25, -0.2) is 4.79 Å². The predicted octanol–water partition coefficient (Wildman–Crippen LogP) is 3.26. The van der Waals surface area contributed by atoms with Crippen LogP contribution >= 0.6 is 0 Å².